The Morgan fingerprint density at radius 1 is 1.09 bits per heavy atom. The quantitative estimate of drug-likeness (QED) is 0.790. The molecule has 1 unspecified atom stereocenters. The highest BCUT2D eigenvalue weighted by Crippen LogP contribution is 2.32. The number of halogens is 1. The number of fused-ring (bicyclic) bond motifs is 1. The average Bonchev–Trinajstić information content (AvgIpc) is 3.04. The molecular weight excluding hydrogens is 293 g/mol. The summed E-state index contributed by atoms with van der Waals surface area (Å²) in [5, 5.41) is 15.1. The first-order valence-electron chi connectivity index (χ1n) is 7.30. The van der Waals surface area contributed by atoms with Gasteiger partial charge in [-0.3, -0.25) is 0 Å². The summed E-state index contributed by atoms with van der Waals surface area (Å²) in [4.78, 5) is 0. The van der Waals surface area contributed by atoms with E-state index in [9.17, 15) is 4.39 Å². The van der Waals surface area contributed by atoms with Crippen molar-refractivity contribution in [3.05, 3.63) is 77.1 Å². The maximum atomic E-state index is 13.2. The van der Waals surface area contributed by atoms with Crippen LogP contribution in [0.4, 0.5) is 10.3 Å². The number of aromatic nitrogens is 4. The van der Waals surface area contributed by atoms with Crippen LogP contribution in [0.2, 0.25) is 0 Å². The molecule has 2 heterocycles. The molecule has 1 atom stereocenters. The molecule has 1 aromatic heterocycles. The van der Waals surface area contributed by atoms with Crippen molar-refractivity contribution < 1.29 is 4.39 Å². The standard InChI is InChI=1S/C17H14FN5/c1-11-4-2-3-5-14(11)16-10-15(12-6-8-13(18)9-7-12)19-17-20-21-22-23(16)17/h2-10,16H,1H3,(H,19,20,22). The van der Waals surface area contributed by atoms with E-state index in [1.807, 2.05) is 12.1 Å². The minimum Gasteiger partial charge on any atom is -0.323 e. The van der Waals surface area contributed by atoms with Gasteiger partial charge in [-0.15, -0.1) is 0 Å². The normalized spacial score (nSPS) is 16.4. The summed E-state index contributed by atoms with van der Waals surface area (Å²) in [6.07, 6.45) is 2.05. The lowest BCUT2D eigenvalue weighted by Crippen LogP contribution is -2.20. The van der Waals surface area contributed by atoms with E-state index in [0.29, 0.717) is 5.95 Å². The highest BCUT2D eigenvalue weighted by atomic mass is 19.1. The molecule has 0 aliphatic carbocycles. The van der Waals surface area contributed by atoms with Crippen LogP contribution < -0.4 is 5.32 Å². The third-order valence-corrected chi connectivity index (χ3v) is 3.99. The molecule has 2 aromatic carbocycles. The van der Waals surface area contributed by atoms with Crippen LogP contribution in [0.3, 0.4) is 0 Å². The van der Waals surface area contributed by atoms with Crippen LogP contribution >= 0.6 is 0 Å². The van der Waals surface area contributed by atoms with E-state index >= 15 is 0 Å². The first-order valence-corrected chi connectivity index (χ1v) is 7.30. The van der Waals surface area contributed by atoms with Crippen LogP contribution in [0.5, 0.6) is 0 Å². The first-order chi connectivity index (χ1) is 11.2. The van der Waals surface area contributed by atoms with Gasteiger partial charge in [0.25, 0.3) is 0 Å². The maximum Gasteiger partial charge on any atom is 0.248 e. The number of allylic oxidation sites excluding steroid dienone is 1. The van der Waals surface area contributed by atoms with Gasteiger partial charge in [0.1, 0.15) is 11.9 Å². The van der Waals surface area contributed by atoms with Crippen LogP contribution in [-0.2, 0) is 0 Å². The topological polar surface area (TPSA) is 55.6 Å². The summed E-state index contributed by atoms with van der Waals surface area (Å²) in [5.41, 5.74) is 4.04. The lowest BCUT2D eigenvalue weighted by molar-refractivity contribution is 0.583. The number of tetrazole rings is 1. The molecule has 114 valence electrons. The van der Waals surface area contributed by atoms with Crippen molar-refractivity contribution in [2.24, 2.45) is 0 Å². The van der Waals surface area contributed by atoms with Crippen molar-refractivity contribution in [1.82, 2.24) is 20.2 Å². The van der Waals surface area contributed by atoms with Crippen LogP contribution in [0, 0.1) is 12.7 Å². The summed E-state index contributed by atoms with van der Waals surface area (Å²) in [5.74, 6) is 0.311. The SMILES string of the molecule is Cc1ccccc1C1C=C(c2ccc(F)cc2)Nc2nnnn21. The largest absolute Gasteiger partial charge is 0.323 e. The molecule has 0 saturated carbocycles. The second-order valence-electron chi connectivity index (χ2n) is 5.46. The van der Waals surface area contributed by atoms with Crippen molar-refractivity contribution in [1.29, 1.82) is 0 Å². The number of nitrogens with zero attached hydrogens (tertiary/aromatic N) is 4. The van der Waals surface area contributed by atoms with E-state index in [4.69, 9.17) is 0 Å². The number of anilines is 1. The molecule has 0 radical (unpaired) electrons. The monoisotopic (exact) mass is 307 g/mol. The van der Waals surface area contributed by atoms with E-state index in [0.717, 1.165) is 22.4 Å². The van der Waals surface area contributed by atoms with Crippen molar-refractivity contribution in [3.63, 3.8) is 0 Å². The Balaban J connectivity index is 1.83. The van der Waals surface area contributed by atoms with Gasteiger partial charge in [-0.2, -0.15) is 4.68 Å². The van der Waals surface area contributed by atoms with Gasteiger partial charge in [0, 0.05) is 5.70 Å². The number of aryl methyl sites for hydroxylation is 1. The number of rotatable bonds is 2. The third kappa shape index (κ3) is 2.38. The Kier molecular flexibility index (Phi) is 3.15. The fourth-order valence-electron chi connectivity index (χ4n) is 2.79. The predicted octanol–water partition coefficient (Wildman–Crippen LogP) is 3.18. The number of hydrogen-bond acceptors (Lipinski definition) is 4. The Morgan fingerprint density at radius 3 is 2.65 bits per heavy atom. The second-order valence-corrected chi connectivity index (χ2v) is 5.46. The zero-order valence-corrected chi connectivity index (χ0v) is 12.4. The van der Waals surface area contributed by atoms with Gasteiger partial charge in [0.2, 0.25) is 5.95 Å². The molecule has 1 aliphatic heterocycles. The highest BCUT2D eigenvalue weighted by molar-refractivity contribution is 5.77. The minimum atomic E-state index is -0.259. The van der Waals surface area contributed by atoms with Crippen LogP contribution in [0.1, 0.15) is 22.7 Å². The molecule has 1 aliphatic rings. The summed E-state index contributed by atoms with van der Waals surface area (Å²) in [6, 6.07) is 14.4. The van der Waals surface area contributed by atoms with Gasteiger partial charge < -0.3 is 5.32 Å². The summed E-state index contributed by atoms with van der Waals surface area (Å²) < 4.78 is 14.9. The van der Waals surface area contributed by atoms with E-state index in [1.54, 1.807) is 16.8 Å². The smallest absolute Gasteiger partial charge is 0.248 e. The van der Waals surface area contributed by atoms with Gasteiger partial charge in [0.05, 0.1) is 0 Å². The molecule has 3 aromatic rings. The molecule has 5 nitrogen and oxygen atoms in total. The summed E-state index contributed by atoms with van der Waals surface area (Å²) in [6.45, 7) is 2.06. The Labute approximate surface area is 132 Å². The van der Waals surface area contributed by atoms with E-state index in [1.165, 1.54) is 12.1 Å². The van der Waals surface area contributed by atoms with E-state index in [2.05, 4.69) is 46.0 Å². The van der Waals surface area contributed by atoms with Gasteiger partial charge in [-0.25, -0.2) is 4.39 Å². The molecular formula is C17H14FN5. The van der Waals surface area contributed by atoms with Gasteiger partial charge in [-0.05, 0) is 64.4 Å². The molecule has 0 spiro atoms. The van der Waals surface area contributed by atoms with Crippen molar-refractivity contribution in [2.75, 3.05) is 5.32 Å². The van der Waals surface area contributed by atoms with E-state index < -0.39 is 0 Å². The summed E-state index contributed by atoms with van der Waals surface area (Å²) >= 11 is 0. The average molecular weight is 307 g/mol. The van der Waals surface area contributed by atoms with Crippen molar-refractivity contribution in [2.45, 2.75) is 13.0 Å². The molecule has 0 saturated heterocycles. The van der Waals surface area contributed by atoms with Crippen molar-refractivity contribution in [3.8, 4) is 0 Å². The third-order valence-electron chi connectivity index (χ3n) is 3.99. The maximum absolute atomic E-state index is 13.2. The molecule has 23 heavy (non-hydrogen) atoms. The number of benzene rings is 2. The Morgan fingerprint density at radius 2 is 1.87 bits per heavy atom. The molecule has 1 N–H and O–H groups in total. The van der Waals surface area contributed by atoms with Gasteiger partial charge >= 0.3 is 0 Å². The Bertz CT molecular complexity index is 882. The lowest BCUT2D eigenvalue weighted by Gasteiger charge is -2.24. The van der Waals surface area contributed by atoms with Gasteiger partial charge in [0.15, 0.2) is 0 Å². The van der Waals surface area contributed by atoms with Crippen molar-refractivity contribution >= 4 is 11.6 Å². The fourth-order valence-corrected chi connectivity index (χ4v) is 2.79. The molecule has 0 amide bonds. The second kappa shape index (κ2) is 5.31. The molecule has 4 rings (SSSR count). The van der Waals surface area contributed by atoms with Gasteiger partial charge in [-0.1, -0.05) is 29.4 Å². The Hall–Kier alpha value is -3.02. The summed E-state index contributed by atoms with van der Waals surface area (Å²) in [7, 11) is 0. The van der Waals surface area contributed by atoms with Crippen LogP contribution in [0.15, 0.2) is 54.6 Å². The predicted molar refractivity (Wildman–Crippen MR) is 85.1 cm³/mol. The zero-order valence-electron chi connectivity index (χ0n) is 12.4. The lowest BCUT2D eigenvalue weighted by atomic mass is 9.98. The van der Waals surface area contributed by atoms with Crippen LogP contribution in [0.25, 0.3) is 5.70 Å². The fraction of sp³-hybridized carbons (Fsp3) is 0.118. The molecule has 0 fully saturated rings. The number of hydrogen-bond donors (Lipinski definition) is 1. The number of nitrogens with one attached hydrogen (secondary N) is 1. The first kappa shape index (κ1) is 13.6. The highest BCUT2D eigenvalue weighted by Gasteiger charge is 2.25. The minimum absolute atomic E-state index is 0.109. The van der Waals surface area contributed by atoms with Crippen LogP contribution in [-0.4, -0.2) is 20.2 Å². The van der Waals surface area contributed by atoms with E-state index in [-0.39, 0.29) is 11.9 Å². The molecule has 0 bridgehead atoms. The zero-order chi connectivity index (χ0) is 15.8. The molecule has 6 heteroatoms.